The van der Waals surface area contributed by atoms with Crippen molar-refractivity contribution in [3.8, 4) is 5.75 Å². The molecule has 126 valence electrons. The fourth-order valence-electron chi connectivity index (χ4n) is 2.18. The standard InChI is InChI=1S/C18H19FN2O3/c1-11-8-12(2)10-14(9-11)18(23)21-20-17(22)13(3)24-16-7-5-4-6-15(16)19/h4-10,13H,1-3H3,(H,20,22)(H,21,23)/t13-/m0/s1. The number of ether oxygens (including phenoxy) is 1. The quantitative estimate of drug-likeness (QED) is 0.847. The number of carbonyl (C=O) groups is 2. The summed E-state index contributed by atoms with van der Waals surface area (Å²) in [5.41, 5.74) is 6.93. The van der Waals surface area contributed by atoms with E-state index in [2.05, 4.69) is 10.9 Å². The van der Waals surface area contributed by atoms with E-state index in [1.165, 1.54) is 25.1 Å². The Morgan fingerprint density at radius 2 is 1.67 bits per heavy atom. The molecule has 0 fully saturated rings. The molecule has 2 aromatic carbocycles. The van der Waals surface area contributed by atoms with Crippen molar-refractivity contribution in [1.29, 1.82) is 0 Å². The van der Waals surface area contributed by atoms with E-state index in [1.54, 1.807) is 18.2 Å². The molecule has 1 atom stereocenters. The van der Waals surface area contributed by atoms with Gasteiger partial charge in [-0.25, -0.2) is 4.39 Å². The molecule has 0 aromatic heterocycles. The Labute approximate surface area is 139 Å². The van der Waals surface area contributed by atoms with Crippen molar-refractivity contribution in [1.82, 2.24) is 10.9 Å². The minimum Gasteiger partial charge on any atom is -0.478 e. The van der Waals surface area contributed by atoms with Gasteiger partial charge in [-0.15, -0.1) is 0 Å². The number of halogens is 1. The molecule has 6 heteroatoms. The number of carbonyl (C=O) groups excluding carboxylic acids is 2. The van der Waals surface area contributed by atoms with Gasteiger partial charge in [-0.2, -0.15) is 0 Å². The number of hydrazine groups is 1. The van der Waals surface area contributed by atoms with Crippen LogP contribution in [-0.2, 0) is 4.79 Å². The maximum Gasteiger partial charge on any atom is 0.279 e. The normalized spacial score (nSPS) is 11.5. The molecule has 0 heterocycles. The summed E-state index contributed by atoms with van der Waals surface area (Å²) in [6, 6.07) is 11.2. The SMILES string of the molecule is Cc1cc(C)cc(C(=O)NNC(=O)[C@H](C)Oc2ccccc2F)c1. The first kappa shape index (κ1) is 17.5. The van der Waals surface area contributed by atoms with Crippen LogP contribution in [0.4, 0.5) is 4.39 Å². The van der Waals surface area contributed by atoms with Crippen LogP contribution in [0.2, 0.25) is 0 Å². The Morgan fingerprint density at radius 1 is 1.04 bits per heavy atom. The van der Waals surface area contributed by atoms with Crippen LogP contribution >= 0.6 is 0 Å². The number of nitrogens with one attached hydrogen (secondary N) is 2. The van der Waals surface area contributed by atoms with Gasteiger partial charge in [0.25, 0.3) is 11.8 Å². The molecule has 0 aliphatic heterocycles. The number of hydrogen-bond donors (Lipinski definition) is 2. The zero-order valence-electron chi connectivity index (χ0n) is 13.7. The van der Waals surface area contributed by atoms with Crippen LogP contribution in [0.5, 0.6) is 5.75 Å². The van der Waals surface area contributed by atoms with Gasteiger partial charge < -0.3 is 4.74 Å². The van der Waals surface area contributed by atoms with Crippen molar-refractivity contribution < 1.29 is 18.7 Å². The molecule has 0 unspecified atom stereocenters. The predicted molar refractivity (Wildman–Crippen MR) is 88.0 cm³/mol. The van der Waals surface area contributed by atoms with Crippen LogP contribution in [0.25, 0.3) is 0 Å². The Kier molecular flexibility index (Phi) is 5.52. The van der Waals surface area contributed by atoms with Gasteiger partial charge in [-0.1, -0.05) is 29.3 Å². The first-order chi connectivity index (χ1) is 11.4. The fraction of sp³-hybridized carbons (Fsp3) is 0.222. The summed E-state index contributed by atoms with van der Waals surface area (Å²) in [7, 11) is 0. The molecule has 5 nitrogen and oxygen atoms in total. The Hall–Kier alpha value is -2.89. The number of para-hydroxylation sites is 1. The van der Waals surface area contributed by atoms with E-state index in [0.717, 1.165) is 11.1 Å². The molecular weight excluding hydrogens is 311 g/mol. The summed E-state index contributed by atoms with van der Waals surface area (Å²) in [5.74, 6) is -1.61. The Morgan fingerprint density at radius 3 is 2.29 bits per heavy atom. The monoisotopic (exact) mass is 330 g/mol. The average Bonchev–Trinajstić information content (AvgIpc) is 2.53. The zero-order chi connectivity index (χ0) is 17.7. The second kappa shape index (κ2) is 7.59. The molecule has 2 aromatic rings. The van der Waals surface area contributed by atoms with Crippen LogP contribution in [0.3, 0.4) is 0 Å². The van der Waals surface area contributed by atoms with E-state index < -0.39 is 23.7 Å². The van der Waals surface area contributed by atoms with Crippen LogP contribution in [0.15, 0.2) is 42.5 Å². The first-order valence-corrected chi connectivity index (χ1v) is 7.46. The molecule has 0 radical (unpaired) electrons. The number of rotatable bonds is 4. The second-order valence-electron chi connectivity index (χ2n) is 5.51. The third kappa shape index (κ3) is 4.55. The number of amides is 2. The third-order valence-corrected chi connectivity index (χ3v) is 3.29. The van der Waals surface area contributed by atoms with E-state index in [1.807, 2.05) is 19.9 Å². The van der Waals surface area contributed by atoms with Crippen LogP contribution in [0.1, 0.15) is 28.4 Å². The highest BCUT2D eigenvalue weighted by Gasteiger charge is 2.17. The minimum absolute atomic E-state index is 0.0271. The molecule has 0 saturated carbocycles. The average molecular weight is 330 g/mol. The molecule has 0 spiro atoms. The maximum atomic E-state index is 13.5. The largest absolute Gasteiger partial charge is 0.478 e. The van der Waals surface area contributed by atoms with Gasteiger partial charge in [0.05, 0.1) is 0 Å². The number of aryl methyl sites for hydroxylation is 2. The van der Waals surface area contributed by atoms with E-state index in [4.69, 9.17) is 4.74 Å². The molecule has 24 heavy (non-hydrogen) atoms. The topological polar surface area (TPSA) is 67.4 Å². The van der Waals surface area contributed by atoms with Gasteiger partial charge in [0.1, 0.15) is 0 Å². The van der Waals surface area contributed by atoms with Crippen LogP contribution in [-0.4, -0.2) is 17.9 Å². The highest BCUT2D eigenvalue weighted by Crippen LogP contribution is 2.16. The predicted octanol–water partition coefficient (Wildman–Crippen LogP) is 2.67. The minimum atomic E-state index is -0.971. The molecule has 2 amide bonds. The summed E-state index contributed by atoms with van der Waals surface area (Å²) in [6.45, 7) is 5.23. The molecule has 2 rings (SSSR count). The second-order valence-corrected chi connectivity index (χ2v) is 5.51. The van der Waals surface area contributed by atoms with Crippen molar-refractivity contribution >= 4 is 11.8 Å². The molecule has 0 bridgehead atoms. The maximum absolute atomic E-state index is 13.5. The summed E-state index contributed by atoms with van der Waals surface area (Å²) in [6.07, 6.45) is -0.971. The van der Waals surface area contributed by atoms with Crippen molar-refractivity contribution in [3.63, 3.8) is 0 Å². The molecule has 2 N–H and O–H groups in total. The van der Waals surface area contributed by atoms with Gasteiger partial charge in [-0.05, 0) is 45.0 Å². The molecule has 0 aliphatic rings. The van der Waals surface area contributed by atoms with Crippen LogP contribution < -0.4 is 15.6 Å². The van der Waals surface area contributed by atoms with Gasteiger partial charge in [0.2, 0.25) is 0 Å². The first-order valence-electron chi connectivity index (χ1n) is 7.46. The van der Waals surface area contributed by atoms with E-state index >= 15 is 0 Å². The lowest BCUT2D eigenvalue weighted by Gasteiger charge is -2.15. The van der Waals surface area contributed by atoms with Crippen molar-refractivity contribution in [2.75, 3.05) is 0 Å². The van der Waals surface area contributed by atoms with Crippen LogP contribution in [0, 0.1) is 19.7 Å². The lowest BCUT2D eigenvalue weighted by molar-refractivity contribution is -0.128. The molecule has 0 aliphatic carbocycles. The van der Waals surface area contributed by atoms with E-state index in [9.17, 15) is 14.0 Å². The smallest absolute Gasteiger partial charge is 0.279 e. The molecular formula is C18H19FN2O3. The zero-order valence-corrected chi connectivity index (χ0v) is 13.7. The summed E-state index contributed by atoms with van der Waals surface area (Å²) >= 11 is 0. The Bertz CT molecular complexity index is 741. The summed E-state index contributed by atoms with van der Waals surface area (Å²) < 4.78 is 18.7. The van der Waals surface area contributed by atoms with Crippen molar-refractivity contribution in [2.24, 2.45) is 0 Å². The van der Waals surface area contributed by atoms with Gasteiger partial charge in [0, 0.05) is 5.56 Å². The highest BCUT2D eigenvalue weighted by molar-refractivity contribution is 5.96. The van der Waals surface area contributed by atoms with Gasteiger partial charge in [-0.3, -0.25) is 20.4 Å². The third-order valence-electron chi connectivity index (χ3n) is 3.29. The van der Waals surface area contributed by atoms with E-state index in [-0.39, 0.29) is 5.75 Å². The van der Waals surface area contributed by atoms with Crippen molar-refractivity contribution in [2.45, 2.75) is 26.9 Å². The van der Waals surface area contributed by atoms with E-state index in [0.29, 0.717) is 5.56 Å². The lowest BCUT2D eigenvalue weighted by atomic mass is 10.1. The number of benzene rings is 2. The highest BCUT2D eigenvalue weighted by atomic mass is 19.1. The van der Waals surface area contributed by atoms with Gasteiger partial charge >= 0.3 is 0 Å². The summed E-state index contributed by atoms with van der Waals surface area (Å²) in [5, 5.41) is 0. The number of hydrogen-bond acceptors (Lipinski definition) is 3. The van der Waals surface area contributed by atoms with Gasteiger partial charge in [0.15, 0.2) is 17.7 Å². The Balaban J connectivity index is 1.92. The summed E-state index contributed by atoms with van der Waals surface area (Å²) in [4.78, 5) is 24.0. The lowest BCUT2D eigenvalue weighted by Crippen LogP contribution is -2.47. The van der Waals surface area contributed by atoms with Crippen molar-refractivity contribution in [3.05, 3.63) is 65.0 Å². The fourth-order valence-corrected chi connectivity index (χ4v) is 2.18. The molecule has 0 saturated heterocycles.